The van der Waals surface area contributed by atoms with Crippen molar-refractivity contribution in [1.82, 2.24) is 5.32 Å². The fraction of sp³-hybridized carbons (Fsp3) is 0.875. The smallest absolute Gasteiger partial charge is 0.225 e. The molecule has 0 bridgehead atoms. The summed E-state index contributed by atoms with van der Waals surface area (Å²) in [5.41, 5.74) is -0.400. The van der Waals surface area contributed by atoms with Gasteiger partial charge in [-0.3, -0.25) is 4.79 Å². The van der Waals surface area contributed by atoms with E-state index >= 15 is 0 Å². The van der Waals surface area contributed by atoms with E-state index in [1.807, 2.05) is 20.8 Å². The molecule has 0 unspecified atom stereocenters. The Kier molecular flexibility index (Phi) is 1.90. The lowest BCUT2D eigenvalue weighted by Crippen LogP contribution is -2.37. The third-order valence-corrected chi connectivity index (χ3v) is 1.71. The van der Waals surface area contributed by atoms with Crippen LogP contribution < -0.4 is 5.32 Å². The van der Waals surface area contributed by atoms with Gasteiger partial charge in [0.15, 0.2) is 0 Å². The second-order valence-corrected chi connectivity index (χ2v) is 4.08. The predicted molar refractivity (Wildman–Crippen MR) is 40.9 cm³/mol. The van der Waals surface area contributed by atoms with Crippen LogP contribution in [0.3, 0.4) is 0 Å². The summed E-state index contributed by atoms with van der Waals surface area (Å²) in [6.45, 7) is 5.45. The molecule has 64 valence electrons. The van der Waals surface area contributed by atoms with Crippen molar-refractivity contribution in [3.63, 3.8) is 0 Å². The Hall–Kier alpha value is -0.600. The Morgan fingerprint density at radius 1 is 1.55 bits per heavy atom. The predicted octanol–water partition coefficient (Wildman–Crippen LogP) is 1.26. The summed E-state index contributed by atoms with van der Waals surface area (Å²) in [7, 11) is 0. The molecular formula is C8H14FNO. The Morgan fingerprint density at radius 3 is 2.27 bits per heavy atom. The SMILES string of the molecule is CC(C)(C)C(=O)N[C@@H]1C[C@@H]1F. The number of alkyl halides is 1. The zero-order valence-electron chi connectivity index (χ0n) is 7.15. The lowest BCUT2D eigenvalue weighted by Gasteiger charge is -2.16. The summed E-state index contributed by atoms with van der Waals surface area (Å²) in [5, 5.41) is 2.63. The molecule has 0 radical (unpaired) electrons. The van der Waals surface area contributed by atoms with Crippen LogP contribution in [0.25, 0.3) is 0 Å². The van der Waals surface area contributed by atoms with Crippen molar-refractivity contribution < 1.29 is 9.18 Å². The number of nitrogens with one attached hydrogen (secondary N) is 1. The zero-order chi connectivity index (χ0) is 8.65. The van der Waals surface area contributed by atoms with Crippen LogP contribution >= 0.6 is 0 Å². The van der Waals surface area contributed by atoms with Crippen LogP contribution in [0.4, 0.5) is 4.39 Å². The fourth-order valence-corrected chi connectivity index (χ4v) is 0.698. The molecule has 1 amide bonds. The van der Waals surface area contributed by atoms with E-state index in [-0.39, 0.29) is 11.9 Å². The summed E-state index contributed by atoms with van der Waals surface area (Å²) in [6, 6.07) is -0.207. The summed E-state index contributed by atoms with van der Waals surface area (Å²) < 4.78 is 12.3. The van der Waals surface area contributed by atoms with Gasteiger partial charge in [0.25, 0.3) is 0 Å². The standard InChI is InChI=1S/C8H14FNO/c1-8(2,3)7(11)10-6-4-5(6)9/h5-6H,4H2,1-3H3,(H,10,11)/t5-,6+/m0/s1. The number of halogens is 1. The molecule has 0 aliphatic heterocycles. The van der Waals surface area contributed by atoms with Crippen LogP contribution in [0.2, 0.25) is 0 Å². The highest BCUT2D eigenvalue weighted by atomic mass is 19.1. The molecule has 3 heteroatoms. The van der Waals surface area contributed by atoms with Gasteiger partial charge in [0.1, 0.15) is 6.17 Å². The van der Waals surface area contributed by atoms with E-state index in [4.69, 9.17) is 0 Å². The third-order valence-electron chi connectivity index (χ3n) is 1.71. The van der Waals surface area contributed by atoms with Crippen LogP contribution in [0.1, 0.15) is 27.2 Å². The van der Waals surface area contributed by atoms with Gasteiger partial charge < -0.3 is 5.32 Å². The van der Waals surface area contributed by atoms with Crippen LogP contribution in [-0.4, -0.2) is 18.1 Å². The first-order valence-electron chi connectivity index (χ1n) is 3.86. The van der Waals surface area contributed by atoms with E-state index in [0.717, 1.165) is 0 Å². The van der Waals surface area contributed by atoms with Gasteiger partial charge in [-0.05, 0) is 0 Å². The van der Waals surface area contributed by atoms with Gasteiger partial charge in [0.2, 0.25) is 5.91 Å². The molecule has 0 heterocycles. The van der Waals surface area contributed by atoms with Crippen LogP contribution in [0, 0.1) is 5.41 Å². The maximum Gasteiger partial charge on any atom is 0.225 e. The van der Waals surface area contributed by atoms with Crippen molar-refractivity contribution in [2.45, 2.75) is 39.4 Å². The van der Waals surface area contributed by atoms with Crippen LogP contribution in [0.5, 0.6) is 0 Å². The van der Waals surface area contributed by atoms with Crippen molar-refractivity contribution in [3.05, 3.63) is 0 Å². The van der Waals surface area contributed by atoms with Gasteiger partial charge in [-0.15, -0.1) is 0 Å². The highest BCUT2D eigenvalue weighted by Gasteiger charge is 2.40. The van der Waals surface area contributed by atoms with E-state index in [9.17, 15) is 9.18 Å². The number of carbonyl (C=O) groups excluding carboxylic acids is 1. The lowest BCUT2D eigenvalue weighted by atomic mass is 9.96. The summed E-state index contributed by atoms with van der Waals surface area (Å²) in [6.07, 6.45) is -0.316. The first-order chi connectivity index (χ1) is 4.91. The number of amides is 1. The second kappa shape index (κ2) is 2.47. The average molecular weight is 159 g/mol. The molecule has 1 N–H and O–H groups in total. The van der Waals surface area contributed by atoms with Gasteiger partial charge in [-0.25, -0.2) is 4.39 Å². The van der Waals surface area contributed by atoms with Crippen molar-refractivity contribution in [2.75, 3.05) is 0 Å². The monoisotopic (exact) mass is 159 g/mol. The molecule has 0 saturated heterocycles. The topological polar surface area (TPSA) is 29.1 Å². The van der Waals surface area contributed by atoms with E-state index in [1.165, 1.54) is 0 Å². The second-order valence-electron chi connectivity index (χ2n) is 4.08. The largest absolute Gasteiger partial charge is 0.350 e. The molecular weight excluding hydrogens is 145 g/mol. The molecule has 11 heavy (non-hydrogen) atoms. The van der Waals surface area contributed by atoms with Gasteiger partial charge in [-0.1, -0.05) is 20.8 Å². The highest BCUT2D eigenvalue weighted by molar-refractivity contribution is 5.82. The normalized spacial score (nSPS) is 29.8. The first-order valence-corrected chi connectivity index (χ1v) is 3.86. The zero-order valence-corrected chi connectivity index (χ0v) is 7.15. The third kappa shape index (κ3) is 2.17. The molecule has 1 fully saturated rings. The lowest BCUT2D eigenvalue weighted by molar-refractivity contribution is -0.128. The summed E-state index contributed by atoms with van der Waals surface area (Å²) in [4.78, 5) is 11.2. The Bertz CT molecular complexity index is 173. The van der Waals surface area contributed by atoms with E-state index in [0.29, 0.717) is 6.42 Å². The highest BCUT2D eigenvalue weighted by Crippen LogP contribution is 2.26. The minimum absolute atomic E-state index is 0.0670. The Morgan fingerprint density at radius 2 is 2.00 bits per heavy atom. The number of hydrogen-bond acceptors (Lipinski definition) is 1. The Balaban J connectivity index is 2.33. The van der Waals surface area contributed by atoms with Crippen molar-refractivity contribution in [2.24, 2.45) is 5.41 Å². The van der Waals surface area contributed by atoms with Gasteiger partial charge >= 0.3 is 0 Å². The maximum absolute atomic E-state index is 12.3. The minimum atomic E-state index is -0.804. The van der Waals surface area contributed by atoms with E-state index in [1.54, 1.807) is 0 Å². The van der Waals surface area contributed by atoms with Crippen molar-refractivity contribution in [3.8, 4) is 0 Å². The molecule has 1 aliphatic carbocycles. The molecule has 0 aromatic carbocycles. The number of rotatable bonds is 1. The molecule has 2 atom stereocenters. The first kappa shape index (κ1) is 8.50. The summed E-state index contributed by atoms with van der Waals surface area (Å²) >= 11 is 0. The molecule has 0 aromatic heterocycles. The number of carbonyl (C=O) groups is 1. The quantitative estimate of drug-likeness (QED) is 0.613. The van der Waals surface area contributed by atoms with Gasteiger partial charge in [-0.2, -0.15) is 0 Å². The minimum Gasteiger partial charge on any atom is -0.350 e. The maximum atomic E-state index is 12.3. The summed E-state index contributed by atoms with van der Waals surface area (Å²) in [5.74, 6) is -0.0670. The van der Waals surface area contributed by atoms with Gasteiger partial charge in [0.05, 0.1) is 6.04 Å². The van der Waals surface area contributed by atoms with Crippen molar-refractivity contribution >= 4 is 5.91 Å². The fourth-order valence-electron chi connectivity index (χ4n) is 0.698. The molecule has 2 nitrogen and oxygen atoms in total. The molecule has 1 rings (SSSR count). The molecule has 0 spiro atoms. The number of hydrogen-bond donors (Lipinski definition) is 1. The van der Waals surface area contributed by atoms with E-state index < -0.39 is 11.6 Å². The molecule has 1 saturated carbocycles. The molecule has 1 aliphatic rings. The van der Waals surface area contributed by atoms with Crippen molar-refractivity contribution in [1.29, 1.82) is 0 Å². The van der Waals surface area contributed by atoms with Crippen LogP contribution in [-0.2, 0) is 4.79 Å². The molecule has 0 aromatic rings. The van der Waals surface area contributed by atoms with Gasteiger partial charge in [0, 0.05) is 11.8 Å². The Labute approximate surface area is 66.2 Å². The van der Waals surface area contributed by atoms with Crippen LogP contribution in [0.15, 0.2) is 0 Å². The van der Waals surface area contributed by atoms with E-state index in [2.05, 4.69) is 5.32 Å². The average Bonchev–Trinajstić information content (AvgIpc) is 2.44.